The van der Waals surface area contributed by atoms with Gasteiger partial charge in [-0.05, 0) is 13.8 Å². The van der Waals surface area contributed by atoms with E-state index in [-0.39, 0.29) is 12.1 Å². The lowest BCUT2D eigenvalue weighted by atomic mass is 10.1. The number of aromatic nitrogens is 2. The normalized spacial score (nSPS) is 26.0. The molecule has 1 aromatic heterocycles. The third kappa shape index (κ3) is 3.52. The number of sulfonamides is 1. The maximum Gasteiger partial charge on any atom is 0.211 e. The Labute approximate surface area is 125 Å². The van der Waals surface area contributed by atoms with Gasteiger partial charge in [0.1, 0.15) is 0 Å². The van der Waals surface area contributed by atoms with E-state index in [4.69, 9.17) is 11.6 Å². The summed E-state index contributed by atoms with van der Waals surface area (Å²) in [4.78, 5) is 2.29. The molecule has 0 amide bonds. The summed E-state index contributed by atoms with van der Waals surface area (Å²) in [5, 5.41) is 4.78. The van der Waals surface area contributed by atoms with Crippen molar-refractivity contribution < 1.29 is 8.42 Å². The summed E-state index contributed by atoms with van der Waals surface area (Å²) in [7, 11) is -3.12. The molecule has 2 rings (SSSR count). The highest BCUT2D eigenvalue weighted by molar-refractivity contribution is 7.88. The Morgan fingerprint density at radius 2 is 2.00 bits per heavy atom. The lowest BCUT2D eigenvalue weighted by Gasteiger charge is -2.43. The van der Waals surface area contributed by atoms with Gasteiger partial charge in [0.15, 0.2) is 0 Å². The van der Waals surface area contributed by atoms with Gasteiger partial charge in [-0.3, -0.25) is 9.58 Å². The number of piperazine rings is 1. The van der Waals surface area contributed by atoms with E-state index in [1.165, 1.54) is 6.26 Å². The van der Waals surface area contributed by atoms with Crippen LogP contribution in [-0.4, -0.2) is 65.4 Å². The Hall–Kier alpha value is -0.630. The lowest BCUT2D eigenvalue weighted by molar-refractivity contribution is 0.0813. The Bertz CT molecular complexity index is 560. The quantitative estimate of drug-likeness (QED) is 0.827. The SMILES string of the molecule is C[C@@H]1[C@H](C)N(CCn2cc(Cl)cn2)CCN1S(C)(=O)=O. The summed E-state index contributed by atoms with van der Waals surface area (Å²) < 4.78 is 26.8. The van der Waals surface area contributed by atoms with Crippen LogP contribution in [0.1, 0.15) is 13.8 Å². The van der Waals surface area contributed by atoms with E-state index in [0.717, 1.165) is 19.6 Å². The van der Waals surface area contributed by atoms with Crippen LogP contribution in [0.15, 0.2) is 12.4 Å². The molecule has 1 fully saturated rings. The number of hydrogen-bond acceptors (Lipinski definition) is 4. The Morgan fingerprint density at radius 3 is 2.55 bits per heavy atom. The van der Waals surface area contributed by atoms with E-state index >= 15 is 0 Å². The minimum atomic E-state index is -3.12. The van der Waals surface area contributed by atoms with Crippen molar-refractivity contribution in [1.82, 2.24) is 19.0 Å². The van der Waals surface area contributed by atoms with Gasteiger partial charge in [0.2, 0.25) is 10.0 Å². The van der Waals surface area contributed by atoms with Crippen molar-refractivity contribution in [3.63, 3.8) is 0 Å². The summed E-state index contributed by atoms with van der Waals surface area (Å²) in [5.74, 6) is 0. The zero-order valence-electron chi connectivity index (χ0n) is 12.0. The van der Waals surface area contributed by atoms with Gasteiger partial charge < -0.3 is 0 Å². The highest BCUT2D eigenvalue weighted by atomic mass is 35.5. The van der Waals surface area contributed by atoms with Crippen LogP contribution in [0.2, 0.25) is 5.02 Å². The fourth-order valence-electron chi connectivity index (χ4n) is 2.65. The predicted octanol–water partition coefficient (Wildman–Crippen LogP) is 0.891. The molecule has 114 valence electrons. The van der Waals surface area contributed by atoms with E-state index in [2.05, 4.69) is 16.9 Å². The maximum absolute atomic E-state index is 11.7. The minimum Gasteiger partial charge on any atom is -0.296 e. The second-order valence-electron chi connectivity index (χ2n) is 5.31. The molecule has 0 spiro atoms. The molecule has 1 saturated heterocycles. The standard InChI is InChI=1S/C12H21ClN4O2S/c1-10-11(2)17(20(3,18)19)7-5-15(10)4-6-16-9-12(13)8-14-16/h8-11H,4-7H2,1-3H3/t10-,11+/m0/s1. The average molecular weight is 321 g/mol. The van der Waals surface area contributed by atoms with Gasteiger partial charge in [-0.2, -0.15) is 9.40 Å². The number of rotatable bonds is 4. The van der Waals surface area contributed by atoms with Gasteiger partial charge in [0.25, 0.3) is 0 Å². The second-order valence-corrected chi connectivity index (χ2v) is 7.68. The van der Waals surface area contributed by atoms with E-state index < -0.39 is 10.0 Å². The molecule has 1 aliphatic rings. The van der Waals surface area contributed by atoms with Crippen LogP contribution in [0.5, 0.6) is 0 Å². The average Bonchev–Trinajstić information content (AvgIpc) is 2.75. The third-order valence-electron chi connectivity index (χ3n) is 3.98. The molecule has 0 bridgehead atoms. The molecule has 6 nitrogen and oxygen atoms in total. The van der Waals surface area contributed by atoms with Crippen LogP contribution in [-0.2, 0) is 16.6 Å². The first kappa shape index (κ1) is 15.8. The van der Waals surface area contributed by atoms with Crippen LogP contribution in [0.25, 0.3) is 0 Å². The topological polar surface area (TPSA) is 58.4 Å². The summed E-state index contributed by atoms with van der Waals surface area (Å²) >= 11 is 5.83. The smallest absolute Gasteiger partial charge is 0.211 e. The summed E-state index contributed by atoms with van der Waals surface area (Å²) in [6.45, 7) is 6.91. The van der Waals surface area contributed by atoms with Crippen molar-refractivity contribution in [1.29, 1.82) is 0 Å². The molecule has 0 aliphatic carbocycles. The van der Waals surface area contributed by atoms with E-state index in [0.29, 0.717) is 11.6 Å². The summed E-state index contributed by atoms with van der Waals surface area (Å²) in [6.07, 6.45) is 4.69. The Morgan fingerprint density at radius 1 is 1.30 bits per heavy atom. The van der Waals surface area contributed by atoms with Gasteiger partial charge in [-0.1, -0.05) is 11.6 Å². The molecule has 0 unspecified atom stereocenters. The first-order valence-electron chi connectivity index (χ1n) is 6.68. The third-order valence-corrected chi connectivity index (χ3v) is 5.54. The molecule has 0 N–H and O–H groups in total. The van der Waals surface area contributed by atoms with Crippen molar-refractivity contribution in [3.05, 3.63) is 17.4 Å². The second kappa shape index (κ2) is 6.01. The molecule has 0 saturated carbocycles. The lowest BCUT2D eigenvalue weighted by Crippen LogP contribution is -2.58. The fourth-order valence-corrected chi connectivity index (χ4v) is 4.00. The van der Waals surface area contributed by atoms with Gasteiger partial charge >= 0.3 is 0 Å². The van der Waals surface area contributed by atoms with Crippen molar-refractivity contribution in [2.75, 3.05) is 25.9 Å². The van der Waals surface area contributed by atoms with Gasteiger partial charge in [-0.15, -0.1) is 0 Å². The van der Waals surface area contributed by atoms with Gasteiger partial charge in [0.05, 0.1) is 24.0 Å². The largest absolute Gasteiger partial charge is 0.296 e. The molecule has 2 heterocycles. The van der Waals surface area contributed by atoms with Crippen LogP contribution in [0, 0.1) is 0 Å². The number of nitrogens with zero attached hydrogens (tertiary/aromatic N) is 4. The van der Waals surface area contributed by atoms with Crippen LogP contribution < -0.4 is 0 Å². The molecule has 0 aromatic carbocycles. The van der Waals surface area contributed by atoms with Crippen molar-refractivity contribution in [2.24, 2.45) is 0 Å². The zero-order valence-corrected chi connectivity index (χ0v) is 13.6. The molecule has 8 heteroatoms. The van der Waals surface area contributed by atoms with Crippen LogP contribution in [0.4, 0.5) is 0 Å². The molecule has 20 heavy (non-hydrogen) atoms. The number of hydrogen-bond donors (Lipinski definition) is 0. The van der Waals surface area contributed by atoms with Crippen molar-refractivity contribution in [2.45, 2.75) is 32.5 Å². The first-order valence-corrected chi connectivity index (χ1v) is 8.90. The van der Waals surface area contributed by atoms with E-state index in [1.54, 1.807) is 16.7 Å². The fraction of sp³-hybridized carbons (Fsp3) is 0.750. The zero-order chi connectivity index (χ0) is 14.9. The van der Waals surface area contributed by atoms with Gasteiger partial charge in [0, 0.05) is 37.9 Å². The summed E-state index contributed by atoms with van der Waals surface area (Å²) in [5.41, 5.74) is 0. The predicted molar refractivity (Wildman–Crippen MR) is 79.3 cm³/mol. The van der Waals surface area contributed by atoms with E-state index in [9.17, 15) is 8.42 Å². The highest BCUT2D eigenvalue weighted by Gasteiger charge is 2.34. The summed E-state index contributed by atoms with van der Waals surface area (Å²) in [6, 6.07) is 0.171. The highest BCUT2D eigenvalue weighted by Crippen LogP contribution is 2.19. The van der Waals surface area contributed by atoms with Gasteiger partial charge in [-0.25, -0.2) is 8.42 Å². The van der Waals surface area contributed by atoms with Crippen molar-refractivity contribution in [3.8, 4) is 0 Å². The molecular formula is C12H21ClN4O2S. The molecule has 0 radical (unpaired) electrons. The number of halogens is 1. The van der Waals surface area contributed by atoms with Crippen molar-refractivity contribution >= 4 is 21.6 Å². The molecule has 1 aliphatic heterocycles. The first-order chi connectivity index (χ1) is 9.29. The Kier molecular flexibility index (Phi) is 4.73. The Balaban J connectivity index is 1.95. The maximum atomic E-state index is 11.7. The van der Waals surface area contributed by atoms with Crippen LogP contribution in [0.3, 0.4) is 0 Å². The monoisotopic (exact) mass is 320 g/mol. The van der Waals surface area contributed by atoms with E-state index in [1.807, 2.05) is 11.6 Å². The molecular weight excluding hydrogens is 300 g/mol. The van der Waals surface area contributed by atoms with Crippen LogP contribution >= 0.6 is 11.6 Å². The molecule has 1 aromatic rings. The molecule has 2 atom stereocenters. The minimum absolute atomic E-state index is 0.0139.